The van der Waals surface area contributed by atoms with Crippen molar-refractivity contribution in [1.29, 1.82) is 0 Å². The quantitative estimate of drug-likeness (QED) is 0.0201. The number of esters is 1. The molecule has 0 bridgehead atoms. The van der Waals surface area contributed by atoms with Gasteiger partial charge >= 0.3 is 5.97 Å². The number of oxime groups is 1. The van der Waals surface area contributed by atoms with E-state index >= 15 is 0 Å². The molecule has 19 heteroatoms. The summed E-state index contributed by atoms with van der Waals surface area (Å²) in [7, 11) is 4.80. The van der Waals surface area contributed by atoms with Gasteiger partial charge in [-0.25, -0.2) is 9.78 Å². The van der Waals surface area contributed by atoms with Crippen LogP contribution < -0.4 is 34.7 Å². The number of carbonyl (C=O) groups excluding carboxylic acids is 3. The van der Waals surface area contributed by atoms with Crippen molar-refractivity contribution in [1.82, 2.24) is 20.4 Å². The maximum atomic E-state index is 14.8. The number of nitrogens with two attached hydrogens (primary N) is 1. The van der Waals surface area contributed by atoms with Crippen molar-refractivity contribution < 1.29 is 52.2 Å². The number of hydrogen-bond donors (Lipinski definition) is 2. The standard InChI is InChI=1S/C66H56N6O11S2/c1-76-50-27-19-42(20-28-50)37-79-56-34-26-45(35-57(56)80-38-43-21-29-51(77-2)30-22-43)54-36-53(82-70-54)33-25-46-40-84-63-59(62(74)72(63)60(46)64(75)81-39-44-23-31-52(78-3)32-24-44)69-61(73)58(55-41-85-65(67)68-55)71-83-66(47-13-7-4-8-14-47,48-15-9-5-10-16-48)49-17-11-6-12-18-49/h4-36,41,59,63H,37-40H2,1-3H3,(H2,67,68)(H,69,73)/b33-25+,71-58-/t59-,63-/m1/s1. The molecule has 11 rings (SSSR count). The Kier molecular flexibility index (Phi) is 17.4. The van der Waals surface area contributed by atoms with Gasteiger partial charge in [-0.1, -0.05) is 144 Å². The third-order valence-electron chi connectivity index (χ3n) is 14.1. The first-order valence-electron chi connectivity index (χ1n) is 26.8. The second kappa shape index (κ2) is 26.0. The first kappa shape index (κ1) is 56.7. The third kappa shape index (κ3) is 12.6. The number of benzene rings is 7. The Hall–Kier alpha value is -10.1. The van der Waals surface area contributed by atoms with Gasteiger partial charge in [-0.2, -0.15) is 0 Å². The number of fused-ring (bicyclic) bond motifs is 1. The van der Waals surface area contributed by atoms with Crippen LogP contribution in [0.3, 0.4) is 0 Å². The van der Waals surface area contributed by atoms with Crippen LogP contribution in [0.2, 0.25) is 0 Å². The number of nitrogens with zero attached hydrogens (tertiary/aromatic N) is 4. The zero-order valence-corrected chi connectivity index (χ0v) is 47.9. The van der Waals surface area contributed by atoms with E-state index in [1.165, 1.54) is 16.7 Å². The fraction of sp³-hybridized carbons (Fsp3) is 0.152. The van der Waals surface area contributed by atoms with E-state index in [2.05, 4.69) is 20.6 Å². The highest BCUT2D eigenvalue weighted by Crippen LogP contribution is 2.43. The van der Waals surface area contributed by atoms with Crippen molar-refractivity contribution in [2.45, 2.75) is 36.8 Å². The number of β-lactam (4-membered cyclic amide) rings is 1. The van der Waals surface area contributed by atoms with Crippen LogP contribution in [0.1, 0.15) is 44.8 Å². The number of thiazole rings is 1. The van der Waals surface area contributed by atoms with Crippen molar-refractivity contribution in [2.75, 3.05) is 32.8 Å². The highest BCUT2D eigenvalue weighted by atomic mass is 32.2. The normalized spacial score (nSPS) is 14.9. The number of ether oxygens (including phenoxy) is 6. The van der Waals surface area contributed by atoms with Crippen LogP contribution in [0.25, 0.3) is 17.3 Å². The van der Waals surface area contributed by atoms with Crippen LogP contribution in [-0.2, 0) is 49.4 Å². The van der Waals surface area contributed by atoms with Crippen LogP contribution in [-0.4, -0.2) is 77.0 Å². The van der Waals surface area contributed by atoms with Gasteiger partial charge in [-0.15, -0.1) is 23.1 Å². The number of hydrogen-bond acceptors (Lipinski definition) is 17. The highest BCUT2D eigenvalue weighted by molar-refractivity contribution is 8.00. The molecule has 85 heavy (non-hydrogen) atoms. The fourth-order valence-electron chi connectivity index (χ4n) is 9.65. The average molecular weight is 1170 g/mol. The Balaban J connectivity index is 0.866. The number of aromatic nitrogens is 2. The van der Waals surface area contributed by atoms with Crippen LogP contribution in [0.15, 0.2) is 220 Å². The molecule has 2 aliphatic rings. The molecule has 1 saturated heterocycles. The van der Waals surface area contributed by atoms with Crippen LogP contribution >= 0.6 is 23.1 Å². The molecular formula is C66H56N6O11S2. The van der Waals surface area contributed by atoms with E-state index in [1.54, 1.807) is 69.2 Å². The minimum absolute atomic E-state index is 0.00972. The maximum Gasteiger partial charge on any atom is 0.355 e. The number of rotatable bonds is 23. The first-order valence-corrected chi connectivity index (χ1v) is 28.8. The van der Waals surface area contributed by atoms with Crippen LogP contribution in [0.4, 0.5) is 5.13 Å². The van der Waals surface area contributed by atoms with Gasteiger partial charge in [0.15, 0.2) is 28.1 Å². The van der Waals surface area contributed by atoms with E-state index in [0.717, 1.165) is 50.7 Å². The summed E-state index contributed by atoms with van der Waals surface area (Å²) in [4.78, 5) is 56.3. The Labute approximate surface area is 498 Å². The molecule has 2 aliphatic heterocycles. The van der Waals surface area contributed by atoms with E-state index in [4.69, 9.17) is 43.5 Å². The molecule has 2 aromatic heterocycles. The molecule has 2 amide bonds. The predicted molar refractivity (Wildman–Crippen MR) is 324 cm³/mol. The Morgan fingerprint density at radius 3 is 1.76 bits per heavy atom. The summed E-state index contributed by atoms with van der Waals surface area (Å²) in [5.74, 6) is 1.64. The SMILES string of the molecule is COc1ccc(COC(=O)C2=C(/C=C/c3cc(-c4ccc(OCc5ccc(OC)cc5)c(OCc5ccc(OC)cc5)c4)no3)CS[C@@H]3[C@H](NC(=O)/C(=N\OC(c4ccccc4)(c4ccccc4)c4ccccc4)c4csc(N)n4)C(=O)N23)cc1. The second-order valence-corrected chi connectivity index (χ2v) is 21.4. The molecule has 0 saturated carbocycles. The summed E-state index contributed by atoms with van der Waals surface area (Å²) in [5, 5.41) is 13.0. The summed E-state index contributed by atoms with van der Waals surface area (Å²) < 4.78 is 40.4. The zero-order chi connectivity index (χ0) is 58.7. The number of nitrogens with one attached hydrogen (secondary N) is 1. The molecule has 2 atom stereocenters. The van der Waals surface area contributed by atoms with Crippen LogP contribution in [0.5, 0.6) is 28.7 Å². The topological polar surface area (TPSA) is 208 Å². The van der Waals surface area contributed by atoms with Crippen molar-refractivity contribution >= 4 is 57.8 Å². The van der Waals surface area contributed by atoms with Gasteiger partial charge in [-0.3, -0.25) is 14.5 Å². The molecule has 0 radical (unpaired) electrons. The number of amides is 2. The number of thioether (sulfide) groups is 1. The average Bonchev–Trinajstić information content (AvgIpc) is 1.47. The summed E-state index contributed by atoms with van der Waals surface area (Å²) >= 11 is 2.48. The Morgan fingerprint density at radius 2 is 1.24 bits per heavy atom. The molecule has 4 heterocycles. The van der Waals surface area contributed by atoms with E-state index in [1.807, 2.05) is 158 Å². The zero-order valence-electron chi connectivity index (χ0n) is 46.3. The van der Waals surface area contributed by atoms with E-state index in [9.17, 15) is 14.4 Å². The minimum atomic E-state index is -1.35. The lowest BCUT2D eigenvalue weighted by Gasteiger charge is -2.49. The second-order valence-electron chi connectivity index (χ2n) is 19.4. The van der Waals surface area contributed by atoms with E-state index < -0.39 is 34.8 Å². The predicted octanol–water partition coefficient (Wildman–Crippen LogP) is 11.4. The summed E-state index contributed by atoms with van der Waals surface area (Å²) in [6.45, 7) is 0.428. The van der Waals surface area contributed by atoms with Gasteiger partial charge < -0.3 is 48.8 Å². The van der Waals surface area contributed by atoms with Crippen molar-refractivity contribution in [3.63, 3.8) is 0 Å². The summed E-state index contributed by atoms with van der Waals surface area (Å²) in [6.07, 6.45) is 3.37. The maximum absolute atomic E-state index is 14.8. The molecule has 9 aromatic rings. The Morgan fingerprint density at radius 1 is 0.694 bits per heavy atom. The first-order chi connectivity index (χ1) is 41.6. The molecule has 0 aliphatic carbocycles. The third-order valence-corrected chi connectivity index (χ3v) is 16.1. The lowest BCUT2D eigenvalue weighted by molar-refractivity contribution is -0.153. The van der Waals surface area contributed by atoms with Crippen LogP contribution in [0, 0.1) is 0 Å². The summed E-state index contributed by atoms with van der Waals surface area (Å²) in [6, 6.07) is 57.2. The minimum Gasteiger partial charge on any atom is -0.497 e. The van der Waals surface area contributed by atoms with Crippen molar-refractivity contribution in [2.24, 2.45) is 5.16 Å². The fourth-order valence-corrected chi connectivity index (χ4v) is 11.5. The molecule has 7 aromatic carbocycles. The van der Waals surface area contributed by atoms with Crippen molar-refractivity contribution in [3.8, 4) is 40.0 Å². The number of anilines is 1. The van der Waals surface area contributed by atoms with E-state index in [-0.39, 0.29) is 47.8 Å². The van der Waals surface area contributed by atoms with Gasteiger partial charge in [0.1, 0.15) is 65.6 Å². The largest absolute Gasteiger partial charge is 0.497 e. The van der Waals surface area contributed by atoms with Gasteiger partial charge in [0, 0.05) is 39.5 Å². The number of nitrogen functional groups attached to an aromatic ring is 1. The van der Waals surface area contributed by atoms with Crippen molar-refractivity contribution in [3.05, 3.63) is 256 Å². The number of allylic oxidation sites excluding steroid dienone is 1. The number of methoxy groups -OCH3 is 3. The monoisotopic (exact) mass is 1170 g/mol. The number of carbonyl (C=O) groups is 3. The lowest BCUT2D eigenvalue weighted by Crippen LogP contribution is -2.71. The highest BCUT2D eigenvalue weighted by Gasteiger charge is 2.55. The lowest BCUT2D eigenvalue weighted by atomic mass is 9.80. The molecule has 0 unspecified atom stereocenters. The molecular weight excluding hydrogens is 1120 g/mol. The molecule has 428 valence electrons. The molecule has 0 spiro atoms. The van der Waals surface area contributed by atoms with Gasteiger partial charge in [0.05, 0.1) is 21.3 Å². The van der Waals surface area contributed by atoms with Gasteiger partial charge in [-0.05, 0) is 82.9 Å². The summed E-state index contributed by atoms with van der Waals surface area (Å²) in [5.41, 5.74) is 11.2. The molecule has 3 N–H and O–H groups in total. The van der Waals surface area contributed by atoms with E-state index in [0.29, 0.717) is 45.4 Å². The molecule has 1 fully saturated rings. The van der Waals surface area contributed by atoms with Gasteiger partial charge in [0.25, 0.3) is 11.8 Å². The molecule has 17 nitrogen and oxygen atoms in total. The Bertz CT molecular complexity index is 3800. The smallest absolute Gasteiger partial charge is 0.355 e. The van der Waals surface area contributed by atoms with Gasteiger partial charge in [0.2, 0.25) is 5.60 Å².